The maximum atomic E-state index is 12.4. The fraction of sp³-hybridized carbons (Fsp3) is 0.615. The lowest BCUT2D eigenvalue weighted by Gasteiger charge is -2.43. The van der Waals surface area contributed by atoms with Crippen molar-refractivity contribution in [2.45, 2.75) is 44.1 Å². The van der Waals surface area contributed by atoms with Crippen LogP contribution >= 0.6 is 0 Å². The summed E-state index contributed by atoms with van der Waals surface area (Å²) in [5.41, 5.74) is -0.0869. The fourth-order valence-corrected chi connectivity index (χ4v) is 2.90. The van der Waals surface area contributed by atoms with E-state index in [4.69, 9.17) is 5.11 Å². The second-order valence-electron chi connectivity index (χ2n) is 5.21. The minimum absolute atomic E-state index is 0.00704. The van der Waals surface area contributed by atoms with E-state index in [1.807, 2.05) is 0 Å². The number of carbonyl (C=O) groups excluding carboxylic acids is 1. The molecule has 2 N–H and O–H groups in total. The van der Waals surface area contributed by atoms with Gasteiger partial charge in [-0.2, -0.15) is 5.10 Å². The number of nitrogens with one attached hydrogen (secondary N) is 1. The first-order valence-electron chi connectivity index (χ1n) is 6.54. The zero-order chi connectivity index (χ0) is 13.9. The molecule has 1 heterocycles. The summed E-state index contributed by atoms with van der Waals surface area (Å²) in [6, 6.07) is 0. The highest BCUT2D eigenvalue weighted by atomic mass is 16.4. The van der Waals surface area contributed by atoms with Gasteiger partial charge in [0, 0.05) is 13.2 Å². The molecule has 1 fully saturated rings. The van der Waals surface area contributed by atoms with E-state index in [0.29, 0.717) is 5.56 Å². The van der Waals surface area contributed by atoms with Crippen molar-refractivity contribution in [1.82, 2.24) is 15.1 Å². The molecular formula is C13H19N3O3. The van der Waals surface area contributed by atoms with E-state index >= 15 is 0 Å². The normalized spacial score (nSPS) is 17.9. The number of hydrogen-bond donors (Lipinski definition) is 2. The Bertz CT molecular complexity index is 450. The van der Waals surface area contributed by atoms with Gasteiger partial charge in [-0.25, -0.2) is 0 Å². The third-order valence-electron chi connectivity index (χ3n) is 4.03. The first-order chi connectivity index (χ1) is 9.05. The number of carbonyl (C=O) groups is 2. The second kappa shape index (κ2) is 5.42. The third-order valence-corrected chi connectivity index (χ3v) is 4.03. The molecule has 1 aliphatic rings. The Morgan fingerprint density at radius 1 is 1.42 bits per heavy atom. The van der Waals surface area contributed by atoms with Crippen LogP contribution in [0.15, 0.2) is 12.4 Å². The van der Waals surface area contributed by atoms with E-state index in [1.165, 1.54) is 12.4 Å². The number of H-pyrrole nitrogens is 1. The van der Waals surface area contributed by atoms with Gasteiger partial charge in [-0.3, -0.25) is 14.7 Å². The Balaban J connectivity index is 2.22. The van der Waals surface area contributed by atoms with E-state index in [1.54, 1.807) is 11.9 Å². The number of rotatable bonds is 4. The molecule has 2 rings (SSSR count). The zero-order valence-corrected chi connectivity index (χ0v) is 11.1. The monoisotopic (exact) mass is 265 g/mol. The highest BCUT2D eigenvalue weighted by Crippen LogP contribution is 2.36. The highest BCUT2D eigenvalue weighted by Gasteiger charge is 2.40. The smallest absolute Gasteiger partial charge is 0.305 e. The van der Waals surface area contributed by atoms with Crippen molar-refractivity contribution in [3.8, 4) is 0 Å². The number of aromatic nitrogens is 2. The number of aromatic amines is 1. The van der Waals surface area contributed by atoms with Gasteiger partial charge in [-0.05, 0) is 12.8 Å². The van der Waals surface area contributed by atoms with Gasteiger partial charge < -0.3 is 10.0 Å². The molecule has 1 aliphatic carbocycles. The topological polar surface area (TPSA) is 86.3 Å². The zero-order valence-electron chi connectivity index (χ0n) is 11.1. The van der Waals surface area contributed by atoms with Crippen LogP contribution in [-0.2, 0) is 4.79 Å². The quantitative estimate of drug-likeness (QED) is 0.866. The number of hydrogen-bond acceptors (Lipinski definition) is 3. The SMILES string of the molecule is CN(C(=O)c1cn[nH]c1)C1(CC(=O)O)CCCCC1. The van der Waals surface area contributed by atoms with Crippen LogP contribution in [0.4, 0.5) is 0 Å². The van der Waals surface area contributed by atoms with Crippen molar-refractivity contribution in [2.75, 3.05) is 7.05 Å². The Morgan fingerprint density at radius 3 is 2.63 bits per heavy atom. The highest BCUT2D eigenvalue weighted by molar-refractivity contribution is 5.94. The predicted octanol–water partition coefficient (Wildman–Crippen LogP) is 1.66. The summed E-state index contributed by atoms with van der Waals surface area (Å²) in [5.74, 6) is -1.02. The summed E-state index contributed by atoms with van der Waals surface area (Å²) in [5, 5.41) is 15.5. The minimum atomic E-state index is -0.853. The first-order valence-corrected chi connectivity index (χ1v) is 6.54. The molecule has 1 saturated carbocycles. The molecule has 19 heavy (non-hydrogen) atoms. The molecule has 1 aromatic rings. The van der Waals surface area contributed by atoms with Crippen molar-refractivity contribution >= 4 is 11.9 Å². The third kappa shape index (κ3) is 2.77. The fourth-order valence-electron chi connectivity index (χ4n) is 2.90. The molecule has 0 atom stereocenters. The van der Waals surface area contributed by atoms with Crippen LogP contribution in [-0.4, -0.2) is 44.7 Å². The van der Waals surface area contributed by atoms with Gasteiger partial charge in [-0.15, -0.1) is 0 Å². The average molecular weight is 265 g/mol. The molecule has 0 radical (unpaired) electrons. The predicted molar refractivity (Wildman–Crippen MR) is 68.8 cm³/mol. The molecule has 0 saturated heterocycles. The van der Waals surface area contributed by atoms with E-state index in [2.05, 4.69) is 10.2 Å². The van der Waals surface area contributed by atoms with Gasteiger partial charge in [0.2, 0.25) is 0 Å². The minimum Gasteiger partial charge on any atom is -0.481 e. The molecule has 0 unspecified atom stereocenters. The average Bonchev–Trinajstić information content (AvgIpc) is 2.91. The maximum Gasteiger partial charge on any atom is 0.305 e. The lowest BCUT2D eigenvalue weighted by Crippen LogP contribution is -2.52. The molecule has 104 valence electrons. The summed E-state index contributed by atoms with van der Waals surface area (Å²) in [7, 11) is 1.70. The van der Waals surface area contributed by atoms with Crippen molar-refractivity contribution < 1.29 is 14.7 Å². The summed E-state index contributed by atoms with van der Waals surface area (Å²) >= 11 is 0. The van der Waals surface area contributed by atoms with E-state index in [9.17, 15) is 9.59 Å². The molecule has 6 heteroatoms. The Hall–Kier alpha value is -1.85. The summed E-state index contributed by atoms with van der Waals surface area (Å²) in [6.45, 7) is 0. The van der Waals surface area contributed by atoms with Crippen LogP contribution in [0, 0.1) is 0 Å². The van der Waals surface area contributed by atoms with Crippen LogP contribution in [0.5, 0.6) is 0 Å². The molecule has 6 nitrogen and oxygen atoms in total. The Labute approximate surface area is 111 Å². The van der Waals surface area contributed by atoms with Gasteiger partial charge >= 0.3 is 5.97 Å². The number of amides is 1. The van der Waals surface area contributed by atoms with Crippen LogP contribution in [0.3, 0.4) is 0 Å². The molecular weight excluding hydrogens is 246 g/mol. The van der Waals surface area contributed by atoms with Gasteiger partial charge in [0.05, 0.1) is 23.7 Å². The van der Waals surface area contributed by atoms with Crippen molar-refractivity contribution in [3.05, 3.63) is 18.0 Å². The van der Waals surface area contributed by atoms with Crippen molar-refractivity contribution in [3.63, 3.8) is 0 Å². The van der Waals surface area contributed by atoms with E-state index < -0.39 is 11.5 Å². The first kappa shape index (κ1) is 13.6. The Kier molecular flexibility index (Phi) is 3.87. The van der Waals surface area contributed by atoms with Crippen LogP contribution in [0.25, 0.3) is 0 Å². The summed E-state index contributed by atoms with van der Waals surface area (Å²) < 4.78 is 0. The van der Waals surface area contributed by atoms with Crippen LogP contribution < -0.4 is 0 Å². The lowest BCUT2D eigenvalue weighted by atomic mass is 9.78. The second-order valence-corrected chi connectivity index (χ2v) is 5.21. The Morgan fingerprint density at radius 2 is 2.11 bits per heavy atom. The van der Waals surface area contributed by atoms with Crippen molar-refractivity contribution in [1.29, 1.82) is 0 Å². The molecule has 0 spiro atoms. The maximum absolute atomic E-state index is 12.4. The molecule has 0 bridgehead atoms. The van der Waals surface area contributed by atoms with Gasteiger partial charge in [0.1, 0.15) is 0 Å². The van der Waals surface area contributed by atoms with Crippen LogP contribution in [0.2, 0.25) is 0 Å². The lowest BCUT2D eigenvalue weighted by molar-refractivity contribution is -0.140. The van der Waals surface area contributed by atoms with E-state index in [0.717, 1.165) is 32.1 Å². The molecule has 0 aliphatic heterocycles. The molecule has 1 amide bonds. The number of carboxylic acids is 1. The number of nitrogens with zero attached hydrogens (tertiary/aromatic N) is 2. The van der Waals surface area contributed by atoms with Crippen LogP contribution in [0.1, 0.15) is 48.9 Å². The number of carboxylic acid groups (broad SMARTS) is 1. The summed E-state index contributed by atoms with van der Waals surface area (Å²) in [4.78, 5) is 25.1. The van der Waals surface area contributed by atoms with Gasteiger partial charge in [0.15, 0.2) is 0 Å². The summed E-state index contributed by atoms with van der Waals surface area (Å²) in [6.07, 6.45) is 7.56. The van der Waals surface area contributed by atoms with Gasteiger partial charge in [0.25, 0.3) is 5.91 Å². The van der Waals surface area contributed by atoms with Gasteiger partial charge in [-0.1, -0.05) is 19.3 Å². The molecule has 0 aromatic carbocycles. The number of aliphatic carboxylic acids is 1. The van der Waals surface area contributed by atoms with Crippen molar-refractivity contribution in [2.24, 2.45) is 0 Å². The largest absolute Gasteiger partial charge is 0.481 e. The van der Waals surface area contributed by atoms with E-state index in [-0.39, 0.29) is 12.3 Å². The standard InChI is InChI=1S/C13H19N3O3/c1-16(12(19)10-8-14-15-9-10)13(7-11(17)18)5-3-2-4-6-13/h8-9H,2-7H2,1H3,(H,14,15)(H,17,18). The molecule has 1 aromatic heterocycles.